The first-order valence-corrected chi connectivity index (χ1v) is 8.43. The lowest BCUT2D eigenvalue weighted by molar-refractivity contribution is 0.393. The summed E-state index contributed by atoms with van der Waals surface area (Å²) in [4.78, 5) is 19.3. The number of aryl methyl sites for hydroxylation is 1. The predicted molar refractivity (Wildman–Crippen MR) is 100 cm³/mol. The number of benzene rings is 2. The number of fused-ring (bicyclic) bond motifs is 1. The molecule has 0 aliphatic carbocycles. The zero-order valence-electron chi connectivity index (χ0n) is 15.1. The highest BCUT2D eigenvalue weighted by atomic mass is 16.5. The van der Waals surface area contributed by atoms with E-state index in [2.05, 4.69) is 15.1 Å². The van der Waals surface area contributed by atoms with Gasteiger partial charge in [0.1, 0.15) is 11.5 Å². The molecule has 4 rings (SSSR count). The Kier molecular flexibility index (Phi) is 4.15. The molecule has 0 unspecified atom stereocenters. The number of hydrogen-bond donors (Lipinski definition) is 1. The third kappa shape index (κ3) is 2.95. The van der Waals surface area contributed by atoms with Crippen molar-refractivity contribution in [2.75, 3.05) is 14.2 Å². The van der Waals surface area contributed by atoms with Gasteiger partial charge in [0, 0.05) is 23.7 Å². The van der Waals surface area contributed by atoms with Crippen LogP contribution < -0.4 is 15.2 Å². The van der Waals surface area contributed by atoms with E-state index in [1.165, 1.54) is 0 Å². The van der Waals surface area contributed by atoms with Gasteiger partial charge in [-0.1, -0.05) is 5.16 Å². The fourth-order valence-corrected chi connectivity index (χ4v) is 3.01. The highest BCUT2D eigenvalue weighted by molar-refractivity contribution is 5.80. The monoisotopic (exact) mass is 366 g/mol. The van der Waals surface area contributed by atoms with E-state index in [-0.39, 0.29) is 5.69 Å². The van der Waals surface area contributed by atoms with Gasteiger partial charge in [0.25, 0.3) is 5.89 Å². The highest BCUT2D eigenvalue weighted by Crippen LogP contribution is 2.30. The van der Waals surface area contributed by atoms with E-state index in [0.29, 0.717) is 35.3 Å². The molecule has 0 saturated carbocycles. The van der Waals surface area contributed by atoms with Crippen molar-refractivity contribution in [2.24, 2.45) is 0 Å². The smallest absolute Gasteiger partial charge is 0.326 e. The fraction of sp³-hybridized carbons (Fsp3) is 0.211. The zero-order valence-corrected chi connectivity index (χ0v) is 15.1. The predicted octanol–water partition coefficient (Wildman–Crippen LogP) is 3.08. The van der Waals surface area contributed by atoms with Crippen LogP contribution in [0.15, 0.2) is 45.7 Å². The minimum Gasteiger partial charge on any atom is -0.497 e. The van der Waals surface area contributed by atoms with E-state index in [1.54, 1.807) is 37.0 Å². The number of methoxy groups -OCH3 is 2. The van der Waals surface area contributed by atoms with Gasteiger partial charge in [0.2, 0.25) is 5.82 Å². The maximum atomic E-state index is 12.0. The van der Waals surface area contributed by atoms with Crippen LogP contribution in [-0.2, 0) is 6.54 Å². The van der Waals surface area contributed by atoms with Gasteiger partial charge in [-0.3, -0.25) is 4.57 Å². The van der Waals surface area contributed by atoms with Gasteiger partial charge in [-0.2, -0.15) is 4.98 Å². The van der Waals surface area contributed by atoms with Crippen LogP contribution in [0.1, 0.15) is 6.92 Å². The van der Waals surface area contributed by atoms with E-state index in [0.717, 1.165) is 16.6 Å². The molecule has 0 radical (unpaired) electrons. The lowest BCUT2D eigenvalue weighted by Gasteiger charge is -2.05. The number of aromatic nitrogens is 4. The van der Waals surface area contributed by atoms with Crippen molar-refractivity contribution < 1.29 is 14.0 Å². The SMILES string of the molecule is CCn1c(=O)[nH]c2cc(-c3noc(-c4cc(OC)cc(OC)c4)n3)ccc21. The van der Waals surface area contributed by atoms with Gasteiger partial charge in [-0.05, 0) is 37.3 Å². The number of nitrogens with one attached hydrogen (secondary N) is 1. The van der Waals surface area contributed by atoms with Crippen molar-refractivity contribution in [3.8, 4) is 34.3 Å². The van der Waals surface area contributed by atoms with Crippen molar-refractivity contribution in [3.05, 3.63) is 46.9 Å². The molecule has 0 aliphatic heterocycles. The standard InChI is InChI=1S/C19H18N4O4/c1-4-23-16-6-5-11(9-15(16)20-19(23)24)17-21-18(27-22-17)12-7-13(25-2)10-14(8-12)26-3/h5-10H,4H2,1-3H3,(H,20,24). The van der Waals surface area contributed by atoms with E-state index in [4.69, 9.17) is 14.0 Å². The van der Waals surface area contributed by atoms with Gasteiger partial charge >= 0.3 is 5.69 Å². The van der Waals surface area contributed by atoms with Gasteiger partial charge in [0.05, 0.1) is 25.3 Å². The first-order valence-electron chi connectivity index (χ1n) is 8.43. The molecule has 0 saturated heterocycles. The molecular formula is C19H18N4O4. The van der Waals surface area contributed by atoms with Crippen LogP contribution in [0.4, 0.5) is 0 Å². The summed E-state index contributed by atoms with van der Waals surface area (Å²) >= 11 is 0. The molecule has 0 aliphatic rings. The Morgan fingerprint density at radius 2 is 1.81 bits per heavy atom. The summed E-state index contributed by atoms with van der Waals surface area (Å²) in [6.07, 6.45) is 0. The number of aromatic amines is 1. The maximum absolute atomic E-state index is 12.0. The summed E-state index contributed by atoms with van der Waals surface area (Å²) in [6, 6.07) is 10.9. The Balaban J connectivity index is 1.74. The number of rotatable bonds is 5. The summed E-state index contributed by atoms with van der Waals surface area (Å²) in [6.45, 7) is 2.53. The van der Waals surface area contributed by atoms with E-state index < -0.39 is 0 Å². The lowest BCUT2D eigenvalue weighted by Crippen LogP contribution is -2.14. The summed E-state index contributed by atoms with van der Waals surface area (Å²) in [5.41, 5.74) is 2.87. The Morgan fingerprint density at radius 3 is 2.48 bits per heavy atom. The van der Waals surface area contributed by atoms with Crippen molar-refractivity contribution in [2.45, 2.75) is 13.5 Å². The Hall–Kier alpha value is -3.55. The van der Waals surface area contributed by atoms with Crippen LogP contribution in [0.3, 0.4) is 0 Å². The number of ether oxygens (including phenoxy) is 2. The van der Waals surface area contributed by atoms with Crippen LogP contribution in [-0.4, -0.2) is 33.9 Å². The Morgan fingerprint density at radius 1 is 1.07 bits per heavy atom. The van der Waals surface area contributed by atoms with E-state index >= 15 is 0 Å². The molecule has 2 heterocycles. The minimum absolute atomic E-state index is 0.137. The molecule has 2 aromatic carbocycles. The summed E-state index contributed by atoms with van der Waals surface area (Å²) < 4.78 is 17.6. The fourth-order valence-electron chi connectivity index (χ4n) is 3.01. The van der Waals surface area contributed by atoms with Crippen molar-refractivity contribution in [3.63, 3.8) is 0 Å². The molecule has 4 aromatic rings. The minimum atomic E-state index is -0.137. The van der Waals surface area contributed by atoms with E-state index in [1.807, 2.05) is 25.1 Å². The van der Waals surface area contributed by atoms with Crippen LogP contribution >= 0.6 is 0 Å². The van der Waals surface area contributed by atoms with Crippen LogP contribution in [0.25, 0.3) is 33.9 Å². The summed E-state index contributed by atoms with van der Waals surface area (Å²) in [5, 5.41) is 4.06. The number of nitrogens with zero attached hydrogens (tertiary/aromatic N) is 3. The second-order valence-electron chi connectivity index (χ2n) is 5.93. The van der Waals surface area contributed by atoms with Crippen LogP contribution in [0.5, 0.6) is 11.5 Å². The van der Waals surface area contributed by atoms with Crippen molar-refractivity contribution in [1.82, 2.24) is 19.7 Å². The molecule has 0 amide bonds. The summed E-state index contributed by atoms with van der Waals surface area (Å²) in [7, 11) is 3.16. The maximum Gasteiger partial charge on any atom is 0.326 e. The van der Waals surface area contributed by atoms with E-state index in [9.17, 15) is 4.79 Å². The molecule has 8 nitrogen and oxygen atoms in total. The molecule has 27 heavy (non-hydrogen) atoms. The molecule has 0 atom stereocenters. The Bertz CT molecular complexity index is 1150. The number of hydrogen-bond acceptors (Lipinski definition) is 6. The third-order valence-corrected chi connectivity index (χ3v) is 4.37. The third-order valence-electron chi connectivity index (χ3n) is 4.37. The second-order valence-corrected chi connectivity index (χ2v) is 5.93. The molecule has 0 bridgehead atoms. The molecule has 0 spiro atoms. The number of imidazole rings is 1. The topological polar surface area (TPSA) is 95.2 Å². The first-order chi connectivity index (χ1) is 13.1. The number of H-pyrrole nitrogens is 1. The van der Waals surface area contributed by atoms with Crippen LogP contribution in [0, 0.1) is 0 Å². The van der Waals surface area contributed by atoms with Crippen molar-refractivity contribution in [1.29, 1.82) is 0 Å². The van der Waals surface area contributed by atoms with Crippen molar-refractivity contribution >= 4 is 11.0 Å². The van der Waals surface area contributed by atoms with Gasteiger partial charge in [-0.25, -0.2) is 4.79 Å². The molecule has 138 valence electrons. The average molecular weight is 366 g/mol. The Labute approximate surface area is 154 Å². The quantitative estimate of drug-likeness (QED) is 0.583. The largest absolute Gasteiger partial charge is 0.497 e. The zero-order chi connectivity index (χ0) is 19.0. The van der Waals surface area contributed by atoms with Gasteiger partial charge in [0.15, 0.2) is 0 Å². The first kappa shape index (κ1) is 16.9. The molecule has 8 heteroatoms. The molecule has 1 N–H and O–H groups in total. The van der Waals surface area contributed by atoms with Crippen LogP contribution in [0.2, 0.25) is 0 Å². The van der Waals surface area contributed by atoms with Gasteiger partial charge in [-0.15, -0.1) is 0 Å². The molecule has 2 aromatic heterocycles. The molecule has 0 fully saturated rings. The average Bonchev–Trinajstić information content (AvgIpc) is 3.30. The normalized spacial score (nSPS) is 11.1. The lowest BCUT2D eigenvalue weighted by atomic mass is 10.2. The highest BCUT2D eigenvalue weighted by Gasteiger charge is 2.14. The summed E-state index contributed by atoms with van der Waals surface area (Å²) in [5.74, 6) is 2.04. The molecular weight excluding hydrogens is 348 g/mol. The second kappa shape index (κ2) is 6.64. The van der Waals surface area contributed by atoms with Gasteiger partial charge < -0.3 is 19.0 Å².